The minimum absolute atomic E-state index is 0.118. The third-order valence-corrected chi connectivity index (χ3v) is 10.8. The van der Waals surface area contributed by atoms with Gasteiger partial charge in [0.25, 0.3) is 0 Å². The molecule has 0 N–H and O–H groups in total. The molecule has 220 valence electrons. The number of aromatic nitrogens is 2. The van der Waals surface area contributed by atoms with E-state index in [0.29, 0.717) is 0 Å². The van der Waals surface area contributed by atoms with Crippen molar-refractivity contribution in [2.45, 2.75) is 24.8 Å². The van der Waals surface area contributed by atoms with Crippen LogP contribution in [0.1, 0.15) is 41.7 Å². The summed E-state index contributed by atoms with van der Waals surface area (Å²) in [6, 6.07) is 51.2. The summed E-state index contributed by atoms with van der Waals surface area (Å²) in [4.78, 5) is 10.2. The van der Waals surface area contributed by atoms with Crippen LogP contribution in [-0.4, -0.2) is 16.6 Å². The van der Waals surface area contributed by atoms with Crippen molar-refractivity contribution in [3.05, 3.63) is 167 Å². The van der Waals surface area contributed by atoms with Gasteiger partial charge in [-0.3, -0.25) is 4.57 Å². The van der Waals surface area contributed by atoms with E-state index >= 15 is 0 Å². The molecule has 1 spiro atoms. The molecule has 0 radical (unpaired) electrons. The first-order chi connectivity index (χ1) is 22.5. The highest BCUT2D eigenvalue weighted by molar-refractivity contribution is 5.93. The van der Waals surface area contributed by atoms with Crippen LogP contribution in [0.3, 0.4) is 0 Å². The van der Waals surface area contributed by atoms with E-state index in [1.807, 2.05) is 0 Å². The van der Waals surface area contributed by atoms with Gasteiger partial charge in [0.05, 0.1) is 28.1 Å². The second-order valence-corrected chi connectivity index (χ2v) is 13.3. The molecule has 10 rings (SSSR count). The zero-order valence-electron chi connectivity index (χ0n) is 26.1. The summed E-state index contributed by atoms with van der Waals surface area (Å²) < 4.78 is 2.35. The number of hydrogen-bond donors (Lipinski definition) is 0. The Balaban J connectivity index is 1.33. The predicted octanol–water partition coefficient (Wildman–Crippen LogP) is 9.86. The molecule has 46 heavy (non-hydrogen) atoms. The average molecular weight is 593 g/mol. The molecule has 1 aromatic heterocycles. The fourth-order valence-electron chi connectivity index (χ4n) is 8.77. The topological polar surface area (TPSA) is 24.3 Å². The molecule has 4 heteroatoms. The predicted molar refractivity (Wildman–Crippen MR) is 188 cm³/mol. The number of fused-ring (bicyclic) bond motifs is 13. The molecule has 1 aliphatic carbocycles. The van der Waals surface area contributed by atoms with Crippen molar-refractivity contribution in [1.82, 2.24) is 9.55 Å². The Hall–Kier alpha value is -5.61. The smallest absolute Gasteiger partial charge is 0.212 e. The molecule has 0 fully saturated rings. The molecule has 0 unspecified atom stereocenters. The van der Waals surface area contributed by atoms with Gasteiger partial charge in [0.1, 0.15) is 5.54 Å². The molecular formula is C42H32N4. The molecule has 0 atom stereocenters. The second-order valence-electron chi connectivity index (χ2n) is 13.3. The highest BCUT2D eigenvalue weighted by atomic mass is 15.4. The Morgan fingerprint density at radius 2 is 1.07 bits per heavy atom. The lowest BCUT2D eigenvalue weighted by atomic mass is 9.73. The lowest BCUT2D eigenvalue weighted by molar-refractivity contribution is 0.577. The van der Waals surface area contributed by atoms with Crippen molar-refractivity contribution in [3.63, 3.8) is 0 Å². The van der Waals surface area contributed by atoms with Crippen molar-refractivity contribution in [1.29, 1.82) is 0 Å². The number of nitrogens with zero attached hydrogens (tertiary/aromatic N) is 4. The summed E-state index contributed by atoms with van der Waals surface area (Å²) in [6.07, 6.45) is 0. The van der Waals surface area contributed by atoms with Gasteiger partial charge in [-0.05, 0) is 75.8 Å². The maximum Gasteiger partial charge on any atom is 0.212 e. The first-order valence-corrected chi connectivity index (χ1v) is 16.1. The third kappa shape index (κ3) is 2.97. The minimum atomic E-state index is -0.565. The van der Waals surface area contributed by atoms with Crippen molar-refractivity contribution >= 4 is 34.0 Å². The van der Waals surface area contributed by atoms with Gasteiger partial charge >= 0.3 is 0 Å². The van der Waals surface area contributed by atoms with Gasteiger partial charge < -0.3 is 9.80 Å². The summed E-state index contributed by atoms with van der Waals surface area (Å²) in [5, 5.41) is 0. The summed E-state index contributed by atoms with van der Waals surface area (Å²) in [6.45, 7) is 4.69. The van der Waals surface area contributed by atoms with Crippen molar-refractivity contribution in [2.75, 3.05) is 16.8 Å². The zero-order chi connectivity index (χ0) is 30.8. The fraction of sp³-hybridized carbons (Fsp3) is 0.119. The van der Waals surface area contributed by atoms with E-state index in [0.717, 1.165) is 28.4 Å². The van der Waals surface area contributed by atoms with E-state index in [2.05, 4.69) is 175 Å². The monoisotopic (exact) mass is 592 g/mol. The molecular weight excluding hydrogens is 560 g/mol. The van der Waals surface area contributed by atoms with Gasteiger partial charge in [-0.2, -0.15) is 0 Å². The van der Waals surface area contributed by atoms with Crippen LogP contribution in [0.4, 0.5) is 23.0 Å². The Labute approximate surface area is 268 Å². The molecule has 0 bridgehead atoms. The number of imidazole rings is 1. The van der Waals surface area contributed by atoms with Crippen molar-refractivity contribution in [3.8, 4) is 16.8 Å². The SMILES string of the molecule is CN1c2nc3ccccc3n2-c2ccc(N3c4ccccc4C(C)(C)c4ccccc43)cc2C12c1ccccc1-c1ccccc12. The van der Waals surface area contributed by atoms with Crippen LogP contribution in [0.15, 0.2) is 140 Å². The van der Waals surface area contributed by atoms with E-state index < -0.39 is 5.54 Å². The highest BCUT2D eigenvalue weighted by Crippen LogP contribution is 2.60. The van der Waals surface area contributed by atoms with E-state index in [1.54, 1.807) is 0 Å². The number of benzene rings is 6. The number of rotatable bonds is 1. The van der Waals surface area contributed by atoms with Crippen LogP contribution in [0.5, 0.6) is 0 Å². The second kappa shape index (κ2) is 8.76. The fourth-order valence-corrected chi connectivity index (χ4v) is 8.77. The van der Waals surface area contributed by atoms with E-state index in [4.69, 9.17) is 4.98 Å². The van der Waals surface area contributed by atoms with Gasteiger partial charge in [0.15, 0.2) is 0 Å². The van der Waals surface area contributed by atoms with Crippen LogP contribution < -0.4 is 9.80 Å². The Morgan fingerprint density at radius 1 is 0.522 bits per heavy atom. The molecule has 3 aliphatic rings. The van der Waals surface area contributed by atoms with E-state index in [-0.39, 0.29) is 5.41 Å². The van der Waals surface area contributed by atoms with Crippen LogP contribution >= 0.6 is 0 Å². The largest absolute Gasteiger partial charge is 0.327 e. The van der Waals surface area contributed by atoms with Gasteiger partial charge in [-0.1, -0.05) is 111 Å². The molecule has 3 heterocycles. The Bertz CT molecular complexity index is 2300. The molecule has 0 saturated carbocycles. The van der Waals surface area contributed by atoms with Gasteiger partial charge in [-0.25, -0.2) is 4.98 Å². The summed E-state index contributed by atoms with van der Waals surface area (Å²) in [5.74, 6) is 0.948. The van der Waals surface area contributed by atoms with Crippen molar-refractivity contribution in [2.24, 2.45) is 0 Å². The van der Waals surface area contributed by atoms with Crippen LogP contribution in [0, 0.1) is 0 Å². The number of hydrogen-bond acceptors (Lipinski definition) is 3. The first-order valence-electron chi connectivity index (χ1n) is 16.1. The Kier molecular flexibility index (Phi) is 4.89. The summed E-state index contributed by atoms with van der Waals surface area (Å²) in [7, 11) is 2.22. The highest BCUT2D eigenvalue weighted by Gasteiger charge is 2.53. The van der Waals surface area contributed by atoms with Gasteiger partial charge in [0, 0.05) is 23.7 Å². The molecule has 0 saturated heterocycles. The standard InChI is InChI=1S/C42H32N4/c1-41(2)32-18-8-11-21-36(32)45(37-22-12-9-19-33(37)41)27-24-25-38-34(26-27)42(44(3)40-43-35-20-10-13-23-39(35)46(38)40)30-16-6-4-14-28(30)29-15-5-7-17-31(29)42/h4-26H,1-3H3. The molecule has 6 aromatic carbocycles. The normalized spacial score (nSPS) is 16.0. The lowest BCUT2D eigenvalue weighted by Crippen LogP contribution is -2.49. The number of para-hydroxylation sites is 4. The Morgan fingerprint density at radius 3 is 1.72 bits per heavy atom. The maximum atomic E-state index is 5.26. The first kappa shape index (κ1) is 25.7. The quantitative estimate of drug-likeness (QED) is 0.190. The average Bonchev–Trinajstić information content (AvgIpc) is 3.63. The van der Waals surface area contributed by atoms with Gasteiger partial charge in [0.2, 0.25) is 5.95 Å². The maximum absolute atomic E-state index is 5.26. The summed E-state index contributed by atoms with van der Waals surface area (Å²) in [5.41, 5.74) is 15.2. The lowest BCUT2D eigenvalue weighted by Gasteiger charge is -2.47. The zero-order valence-corrected chi connectivity index (χ0v) is 26.1. The van der Waals surface area contributed by atoms with Crippen molar-refractivity contribution < 1.29 is 0 Å². The summed E-state index contributed by atoms with van der Waals surface area (Å²) >= 11 is 0. The molecule has 4 nitrogen and oxygen atoms in total. The van der Waals surface area contributed by atoms with Crippen LogP contribution in [0.25, 0.3) is 27.8 Å². The molecule has 7 aromatic rings. The van der Waals surface area contributed by atoms with Crippen LogP contribution in [-0.2, 0) is 11.0 Å². The molecule has 0 amide bonds. The third-order valence-electron chi connectivity index (χ3n) is 10.8. The molecule has 2 aliphatic heterocycles. The van der Waals surface area contributed by atoms with Gasteiger partial charge in [-0.15, -0.1) is 0 Å². The van der Waals surface area contributed by atoms with E-state index in [9.17, 15) is 0 Å². The van der Waals surface area contributed by atoms with E-state index in [1.165, 1.54) is 50.3 Å². The minimum Gasteiger partial charge on any atom is -0.327 e. The van der Waals surface area contributed by atoms with Crippen LogP contribution in [0.2, 0.25) is 0 Å². The number of anilines is 4.